The molecule has 2 unspecified atom stereocenters. The first-order chi connectivity index (χ1) is 11.7. The van der Waals surface area contributed by atoms with E-state index < -0.39 is 0 Å². The third-order valence-corrected chi connectivity index (χ3v) is 5.54. The molecule has 0 radical (unpaired) electrons. The van der Waals surface area contributed by atoms with Gasteiger partial charge in [-0.1, -0.05) is 0 Å². The molecule has 2 N–H and O–H groups in total. The molecule has 2 amide bonds. The lowest BCUT2D eigenvalue weighted by atomic mass is 9.98. The highest BCUT2D eigenvalue weighted by Crippen LogP contribution is 2.24. The first-order valence-corrected chi connectivity index (χ1v) is 9.27. The summed E-state index contributed by atoms with van der Waals surface area (Å²) in [6.45, 7) is 6.85. The molecule has 136 valence electrons. The highest BCUT2D eigenvalue weighted by atomic mass is 16.5. The molecular formula is C17H30N4O3. The fourth-order valence-electron chi connectivity index (χ4n) is 4.01. The smallest absolute Gasteiger partial charge is 0.228 e. The van der Waals surface area contributed by atoms with Gasteiger partial charge in [0.1, 0.15) is 0 Å². The van der Waals surface area contributed by atoms with Crippen molar-refractivity contribution in [3.8, 4) is 0 Å². The van der Waals surface area contributed by atoms with Crippen molar-refractivity contribution in [1.29, 1.82) is 0 Å². The van der Waals surface area contributed by atoms with E-state index >= 15 is 0 Å². The zero-order valence-corrected chi connectivity index (χ0v) is 14.5. The van der Waals surface area contributed by atoms with Gasteiger partial charge in [0.2, 0.25) is 11.8 Å². The van der Waals surface area contributed by atoms with E-state index in [0.717, 1.165) is 58.7 Å². The minimum atomic E-state index is -0.186. The zero-order chi connectivity index (χ0) is 16.9. The Bertz CT molecular complexity index is 453. The van der Waals surface area contributed by atoms with Crippen molar-refractivity contribution in [2.24, 2.45) is 11.7 Å². The molecule has 3 aliphatic rings. The van der Waals surface area contributed by atoms with Crippen molar-refractivity contribution in [3.63, 3.8) is 0 Å². The van der Waals surface area contributed by atoms with Gasteiger partial charge in [-0.05, 0) is 19.3 Å². The van der Waals surface area contributed by atoms with Gasteiger partial charge < -0.3 is 20.3 Å². The van der Waals surface area contributed by atoms with Gasteiger partial charge >= 0.3 is 0 Å². The van der Waals surface area contributed by atoms with Crippen LogP contribution in [0.15, 0.2) is 0 Å². The Hall–Kier alpha value is -1.18. The summed E-state index contributed by atoms with van der Waals surface area (Å²) in [5, 5.41) is 0. The van der Waals surface area contributed by atoms with Gasteiger partial charge in [0.05, 0.1) is 19.1 Å². The molecule has 0 saturated carbocycles. The number of carbonyl (C=O) groups excluding carboxylic acids is 2. The van der Waals surface area contributed by atoms with E-state index in [9.17, 15) is 9.59 Å². The van der Waals surface area contributed by atoms with E-state index in [-0.39, 0.29) is 23.8 Å². The number of likely N-dealkylation sites (tertiary alicyclic amines) is 2. The standard InChI is InChI=1S/C17H30N4O3/c18-12-15-3-1-2-4-21(15)17(23)14-11-16(22)20(13-14)6-5-19-7-9-24-10-8-19/h14-15H,1-13,18H2. The second-order valence-electron chi connectivity index (χ2n) is 7.11. The van der Waals surface area contributed by atoms with Gasteiger partial charge in [0, 0.05) is 58.3 Å². The van der Waals surface area contributed by atoms with Crippen LogP contribution in [0.3, 0.4) is 0 Å². The molecule has 2 atom stereocenters. The maximum absolute atomic E-state index is 12.8. The lowest BCUT2D eigenvalue weighted by molar-refractivity contribution is -0.139. The molecular weight excluding hydrogens is 308 g/mol. The predicted molar refractivity (Wildman–Crippen MR) is 90.4 cm³/mol. The maximum Gasteiger partial charge on any atom is 0.228 e. The molecule has 0 aromatic rings. The number of morpholine rings is 1. The van der Waals surface area contributed by atoms with Crippen molar-refractivity contribution in [1.82, 2.24) is 14.7 Å². The molecule has 7 heteroatoms. The van der Waals surface area contributed by atoms with Crippen molar-refractivity contribution in [2.45, 2.75) is 31.7 Å². The van der Waals surface area contributed by atoms with Crippen LogP contribution in [-0.2, 0) is 14.3 Å². The van der Waals surface area contributed by atoms with Crippen LogP contribution in [0.4, 0.5) is 0 Å². The van der Waals surface area contributed by atoms with E-state index in [1.54, 1.807) is 0 Å². The molecule has 7 nitrogen and oxygen atoms in total. The Balaban J connectivity index is 1.50. The summed E-state index contributed by atoms with van der Waals surface area (Å²) in [4.78, 5) is 31.2. The predicted octanol–water partition coefficient (Wildman–Crippen LogP) is -0.493. The van der Waals surface area contributed by atoms with Crippen LogP contribution in [0, 0.1) is 5.92 Å². The summed E-state index contributed by atoms with van der Waals surface area (Å²) in [7, 11) is 0. The van der Waals surface area contributed by atoms with Crippen molar-refractivity contribution in [3.05, 3.63) is 0 Å². The summed E-state index contributed by atoms with van der Waals surface area (Å²) in [6, 6.07) is 0.156. The highest BCUT2D eigenvalue weighted by molar-refractivity contribution is 5.89. The average Bonchev–Trinajstić information content (AvgIpc) is 3.01. The number of amides is 2. The van der Waals surface area contributed by atoms with Crippen molar-refractivity contribution in [2.75, 3.05) is 59.0 Å². The maximum atomic E-state index is 12.8. The highest BCUT2D eigenvalue weighted by Gasteiger charge is 2.38. The first-order valence-electron chi connectivity index (χ1n) is 9.27. The Morgan fingerprint density at radius 1 is 1.17 bits per heavy atom. The molecule has 0 bridgehead atoms. The summed E-state index contributed by atoms with van der Waals surface area (Å²) in [5.41, 5.74) is 5.83. The van der Waals surface area contributed by atoms with Crippen LogP contribution < -0.4 is 5.73 Å². The minimum Gasteiger partial charge on any atom is -0.379 e. The third-order valence-electron chi connectivity index (χ3n) is 5.54. The van der Waals surface area contributed by atoms with E-state index in [1.165, 1.54) is 0 Å². The molecule has 24 heavy (non-hydrogen) atoms. The van der Waals surface area contributed by atoms with Crippen LogP contribution in [0.5, 0.6) is 0 Å². The second kappa shape index (κ2) is 8.27. The zero-order valence-electron chi connectivity index (χ0n) is 14.5. The quantitative estimate of drug-likeness (QED) is 0.732. The number of nitrogens with zero attached hydrogens (tertiary/aromatic N) is 3. The van der Waals surface area contributed by atoms with Crippen LogP contribution in [0.25, 0.3) is 0 Å². The SMILES string of the molecule is NCC1CCCCN1C(=O)C1CC(=O)N(CCN2CCOCC2)C1. The lowest BCUT2D eigenvalue weighted by Gasteiger charge is -2.36. The topological polar surface area (TPSA) is 79.1 Å². The van der Waals surface area contributed by atoms with Crippen LogP contribution in [-0.4, -0.2) is 91.6 Å². The largest absolute Gasteiger partial charge is 0.379 e. The fraction of sp³-hybridized carbons (Fsp3) is 0.882. The summed E-state index contributed by atoms with van der Waals surface area (Å²) < 4.78 is 5.35. The van der Waals surface area contributed by atoms with Crippen LogP contribution >= 0.6 is 0 Å². The minimum absolute atomic E-state index is 0.114. The van der Waals surface area contributed by atoms with Crippen LogP contribution in [0.1, 0.15) is 25.7 Å². The number of nitrogens with two attached hydrogens (primary N) is 1. The normalized spacial score (nSPS) is 29.3. The monoisotopic (exact) mass is 338 g/mol. The van der Waals surface area contributed by atoms with E-state index in [0.29, 0.717) is 26.1 Å². The molecule has 0 aliphatic carbocycles. The number of ether oxygens (including phenoxy) is 1. The molecule has 3 rings (SSSR count). The number of rotatable bonds is 5. The Morgan fingerprint density at radius 2 is 1.96 bits per heavy atom. The number of hydrogen-bond donors (Lipinski definition) is 1. The molecule has 3 heterocycles. The van der Waals surface area contributed by atoms with Gasteiger partial charge in [-0.2, -0.15) is 0 Å². The lowest BCUT2D eigenvalue weighted by Crippen LogP contribution is -2.50. The van der Waals surface area contributed by atoms with E-state index in [2.05, 4.69) is 4.90 Å². The second-order valence-corrected chi connectivity index (χ2v) is 7.11. The molecule has 0 aromatic carbocycles. The summed E-state index contributed by atoms with van der Waals surface area (Å²) in [6.07, 6.45) is 3.53. The number of carbonyl (C=O) groups is 2. The van der Waals surface area contributed by atoms with Gasteiger partial charge in [-0.15, -0.1) is 0 Å². The van der Waals surface area contributed by atoms with Gasteiger partial charge in [-0.25, -0.2) is 0 Å². The Kier molecular flexibility index (Phi) is 6.08. The Labute approximate surface area is 144 Å². The molecule has 3 fully saturated rings. The average molecular weight is 338 g/mol. The fourth-order valence-corrected chi connectivity index (χ4v) is 4.01. The van der Waals surface area contributed by atoms with E-state index in [4.69, 9.17) is 10.5 Å². The molecule has 3 aliphatic heterocycles. The van der Waals surface area contributed by atoms with Crippen molar-refractivity contribution >= 4 is 11.8 Å². The third kappa shape index (κ3) is 4.07. The van der Waals surface area contributed by atoms with Crippen LogP contribution in [0.2, 0.25) is 0 Å². The van der Waals surface area contributed by atoms with Gasteiger partial charge in [0.15, 0.2) is 0 Å². The van der Waals surface area contributed by atoms with Crippen molar-refractivity contribution < 1.29 is 14.3 Å². The number of hydrogen-bond acceptors (Lipinski definition) is 5. The number of piperidine rings is 1. The first kappa shape index (κ1) is 17.6. The molecule has 0 spiro atoms. The van der Waals surface area contributed by atoms with Gasteiger partial charge in [-0.3, -0.25) is 14.5 Å². The van der Waals surface area contributed by atoms with Gasteiger partial charge in [0.25, 0.3) is 0 Å². The summed E-state index contributed by atoms with van der Waals surface area (Å²) >= 11 is 0. The molecule has 3 saturated heterocycles. The molecule has 0 aromatic heterocycles. The van der Waals surface area contributed by atoms with E-state index in [1.807, 2.05) is 9.80 Å². The Morgan fingerprint density at radius 3 is 2.71 bits per heavy atom. The summed E-state index contributed by atoms with van der Waals surface area (Å²) in [5.74, 6) is 0.0598.